The first-order chi connectivity index (χ1) is 3.97. The Kier molecular flexibility index (Phi) is 0.498. The van der Waals surface area contributed by atoms with Gasteiger partial charge in [-0.3, -0.25) is 5.10 Å². The Morgan fingerprint density at radius 3 is 3.38 bits per heavy atom. The van der Waals surface area contributed by atoms with Crippen LogP contribution in [0.5, 0.6) is 0 Å². The van der Waals surface area contributed by atoms with E-state index < -0.39 is 0 Å². The van der Waals surface area contributed by atoms with Crippen molar-refractivity contribution in [1.29, 1.82) is 0 Å². The van der Waals surface area contributed by atoms with E-state index in [0.717, 1.165) is 11.0 Å². The minimum atomic E-state index is 0.769. The summed E-state index contributed by atoms with van der Waals surface area (Å²) in [5.74, 6) is 0. The molecule has 40 valence electrons. The highest BCUT2D eigenvalue weighted by Gasteiger charge is 1.94. The van der Waals surface area contributed by atoms with Crippen molar-refractivity contribution in [1.82, 2.24) is 15.4 Å². The molecule has 2 rings (SSSR count). The van der Waals surface area contributed by atoms with Gasteiger partial charge in [0.05, 0.1) is 0 Å². The Hall–Kier alpha value is -1.32. The van der Waals surface area contributed by atoms with Crippen molar-refractivity contribution < 1.29 is 4.42 Å². The van der Waals surface area contributed by atoms with Crippen molar-refractivity contribution in [2.24, 2.45) is 0 Å². The predicted octanol–water partition coefficient (Wildman–Crippen LogP) is 0.551. The number of aromatic amines is 1. The monoisotopic (exact) mass is 109 g/mol. The first-order valence-corrected chi connectivity index (χ1v) is 2.20. The summed E-state index contributed by atoms with van der Waals surface area (Å²) in [5.41, 5.74) is 1.61. The van der Waals surface area contributed by atoms with Crippen LogP contribution in [0.2, 0.25) is 0 Å². The lowest BCUT2D eigenvalue weighted by atomic mass is 10.5. The summed E-state index contributed by atoms with van der Waals surface area (Å²) in [7, 11) is 0. The van der Waals surface area contributed by atoms with Crippen LogP contribution in [0.15, 0.2) is 16.9 Å². The zero-order valence-electron chi connectivity index (χ0n) is 3.96. The van der Waals surface area contributed by atoms with Crippen LogP contribution in [-0.2, 0) is 0 Å². The quantitative estimate of drug-likeness (QED) is 0.537. The zero-order valence-corrected chi connectivity index (χ0v) is 3.96. The highest BCUT2D eigenvalue weighted by Crippen LogP contribution is 2.05. The second kappa shape index (κ2) is 1.09. The lowest BCUT2D eigenvalue weighted by Gasteiger charge is -1.60. The van der Waals surface area contributed by atoms with Crippen LogP contribution in [-0.4, -0.2) is 15.4 Å². The highest BCUT2D eigenvalue weighted by molar-refractivity contribution is 5.70. The Morgan fingerprint density at radius 1 is 1.50 bits per heavy atom. The SMILES string of the molecule is c1occ2[nH]nnc12. The second-order valence-corrected chi connectivity index (χ2v) is 1.48. The molecular weight excluding hydrogens is 106 g/mol. The summed E-state index contributed by atoms with van der Waals surface area (Å²) < 4.78 is 4.77. The lowest BCUT2D eigenvalue weighted by molar-refractivity contribution is 0.569. The molecule has 0 bridgehead atoms. The maximum absolute atomic E-state index is 4.77. The van der Waals surface area contributed by atoms with Crippen molar-refractivity contribution in [2.75, 3.05) is 0 Å². The summed E-state index contributed by atoms with van der Waals surface area (Å²) in [4.78, 5) is 0. The van der Waals surface area contributed by atoms with E-state index in [1.54, 1.807) is 12.5 Å². The maximum Gasteiger partial charge on any atom is 0.151 e. The second-order valence-electron chi connectivity index (χ2n) is 1.48. The molecule has 0 unspecified atom stereocenters. The van der Waals surface area contributed by atoms with E-state index in [9.17, 15) is 0 Å². The Balaban J connectivity index is 3.06. The van der Waals surface area contributed by atoms with Crippen LogP contribution in [0.3, 0.4) is 0 Å². The molecule has 2 aromatic heterocycles. The molecule has 0 aromatic carbocycles. The summed E-state index contributed by atoms with van der Waals surface area (Å²) in [6, 6.07) is 0. The first-order valence-electron chi connectivity index (χ1n) is 2.20. The molecule has 2 heterocycles. The Labute approximate surface area is 44.5 Å². The van der Waals surface area contributed by atoms with Gasteiger partial charge in [0, 0.05) is 0 Å². The topological polar surface area (TPSA) is 54.7 Å². The number of nitrogens with one attached hydrogen (secondary N) is 1. The van der Waals surface area contributed by atoms with Gasteiger partial charge in [0.15, 0.2) is 5.52 Å². The van der Waals surface area contributed by atoms with Gasteiger partial charge in [-0.15, -0.1) is 5.10 Å². The van der Waals surface area contributed by atoms with E-state index in [0.29, 0.717) is 0 Å². The summed E-state index contributed by atoms with van der Waals surface area (Å²) in [6.07, 6.45) is 3.11. The fraction of sp³-hybridized carbons (Fsp3) is 0. The van der Waals surface area contributed by atoms with Crippen molar-refractivity contribution in [3.8, 4) is 0 Å². The van der Waals surface area contributed by atoms with E-state index in [1.807, 2.05) is 0 Å². The van der Waals surface area contributed by atoms with Crippen molar-refractivity contribution in [3.05, 3.63) is 12.5 Å². The Morgan fingerprint density at radius 2 is 2.50 bits per heavy atom. The number of nitrogens with zero attached hydrogens (tertiary/aromatic N) is 2. The normalized spacial score (nSPS) is 10.5. The average Bonchev–Trinajstić information content (AvgIpc) is 2.15. The van der Waals surface area contributed by atoms with E-state index >= 15 is 0 Å². The van der Waals surface area contributed by atoms with E-state index in [2.05, 4.69) is 15.4 Å². The lowest BCUT2D eigenvalue weighted by Crippen LogP contribution is -1.64. The Bertz CT molecular complexity index is 233. The number of hydrogen-bond donors (Lipinski definition) is 1. The minimum Gasteiger partial charge on any atom is -0.468 e. The molecule has 1 N–H and O–H groups in total. The molecule has 0 atom stereocenters. The molecule has 0 saturated carbocycles. The molecule has 2 aromatic rings. The van der Waals surface area contributed by atoms with Gasteiger partial charge >= 0.3 is 0 Å². The number of fused-ring (bicyclic) bond motifs is 1. The van der Waals surface area contributed by atoms with E-state index in [4.69, 9.17) is 4.42 Å². The summed E-state index contributed by atoms with van der Waals surface area (Å²) >= 11 is 0. The van der Waals surface area contributed by atoms with Crippen LogP contribution in [0, 0.1) is 0 Å². The number of aromatic nitrogens is 3. The molecule has 8 heavy (non-hydrogen) atoms. The van der Waals surface area contributed by atoms with Crippen molar-refractivity contribution in [3.63, 3.8) is 0 Å². The zero-order chi connectivity index (χ0) is 5.40. The van der Waals surface area contributed by atoms with Gasteiger partial charge in [0.25, 0.3) is 0 Å². The highest BCUT2D eigenvalue weighted by atomic mass is 16.3. The summed E-state index contributed by atoms with van der Waals surface area (Å²) in [5, 5.41) is 9.85. The molecule has 4 heteroatoms. The standard InChI is InChI=1S/C4H3N3O/c1-3-4(2-8-1)6-7-5-3/h1-2H,(H,5,6). The van der Waals surface area contributed by atoms with Gasteiger partial charge in [-0.2, -0.15) is 0 Å². The van der Waals surface area contributed by atoms with Gasteiger partial charge < -0.3 is 4.42 Å². The van der Waals surface area contributed by atoms with Crippen molar-refractivity contribution in [2.45, 2.75) is 0 Å². The maximum atomic E-state index is 4.77. The minimum absolute atomic E-state index is 0.769. The number of hydrogen-bond acceptors (Lipinski definition) is 3. The fourth-order valence-electron chi connectivity index (χ4n) is 0.584. The number of rotatable bonds is 0. The van der Waals surface area contributed by atoms with Gasteiger partial charge in [-0.25, -0.2) is 0 Å². The molecule has 0 aliphatic heterocycles. The largest absolute Gasteiger partial charge is 0.468 e. The number of H-pyrrole nitrogens is 1. The predicted molar refractivity (Wildman–Crippen MR) is 26.2 cm³/mol. The van der Waals surface area contributed by atoms with Crippen LogP contribution in [0.25, 0.3) is 11.0 Å². The molecule has 0 spiro atoms. The average molecular weight is 109 g/mol. The number of furan rings is 1. The van der Waals surface area contributed by atoms with Gasteiger partial charge in [-0.05, 0) is 0 Å². The smallest absolute Gasteiger partial charge is 0.151 e. The molecule has 4 nitrogen and oxygen atoms in total. The fourth-order valence-corrected chi connectivity index (χ4v) is 0.584. The van der Waals surface area contributed by atoms with Gasteiger partial charge in [0.2, 0.25) is 0 Å². The molecule has 0 radical (unpaired) electrons. The van der Waals surface area contributed by atoms with E-state index in [1.165, 1.54) is 0 Å². The van der Waals surface area contributed by atoms with Crippen molar-refractivity contribution >= 4 is 11.0 Å². The molecule has 0 saturated heterocycles. The van der Waals surface area contributed by atoms with Crippen LogP contribution in [0.4, 0.5) is 0 Å². The van der Waals surface area contributed by atoms with E-state index in [-0.39, 0.29) is 0 Å². The molecule has 0 aliphatic carbocycles. The van der Waals surface area contributed by atoms with Crippen LogP contribution < -0.4 is 0 Å². The third-order valence-electron chi connectivity index (χ3n) is 0.970. The first kappa shape index (κ1) is 3.65. The molecule has 0 aliphatic rings. The van der Waals surface area contributed by atoms with Crippen LogP contribution in [0.1, 0.15) is 0 Å². The summed E-state index contributed by atoms with van der Waals surface area (Å²) in [6.45, 7) is 0. The third kappa shape index (κ3) is 0.294. The van der Waals surface area contributed by atoms with Crippen LogP contribution >= 0.6 is 0 Å². The molecule has 0 amide bonds. The molecule has 0 fully saturated rings. The molecular formula is C4H3N3O. The third-order valence-corrected chi connectivity index (χ3v) is 0.970. The van der Waals surface area contributed by atoms with Gasteiger partial charge in [-0.1, -0.05) is 5.21 Å². The van der Waals surface area contributed by atoms with Gasteiger partial charge in [0.1, 0.15) is 18.0 Å².